The maximum absolute atomic E-state index is 10.0. The fourth-order valence-corrected chi connectivity index (χ4v) is 2.81. The van der Waals surface area contributed by atoms with E-state index in [1.807, 2.05) is 12.1 Å². The van der Waals surface area contributed by atoms with E-state index in [9.17, 15) is 5.11 Å². The summed E-state index contributed by atoms with van der Waals surface area (Å²) in [6.07, 6.45) is 0.286. The largest absolute Gasteiger partial charge is 0.387 e. The van der Waals surface area contributed by atoms with Gasteiger partial charge in [0.25, 0.3) is 0 Å². The van der Waals surface area contributed by atoms with Crippen molar-refractivity contribution in [2.45, 2.75) is 37.8 Å². The summed E-state index contributed by atoms with van der Waals surface area (Å²) < 4.78 is 0.991. The van der Waals surface area contributed by atoms with Crippen LogP contribution in [-0.4, -0.2) is 11.1 Å². The molecule has 2 unspecified atom stereocenters. The summed E-state index contributed by atoms with van der Waals surface area (Å²) in [5.41, 5.74) is 8.18. The summed E-state index contributed by atoms with van der Waals surface area (Å²) >= 11 is 3.42. The number of rotatable bonds is 0. The Kier molecular flexibility index (Phi) is 2.65. The van der Waals surface area contributed by atoms with Gasteiger partial charge < -0.3 is 10.8 Å². The first kappa shape index (κ1) is 11.1. The highest BCUT2D eigenvalue weighted by Gasteiger charge is 2.36. The third-order valence-corrected chi connectivity index (χ3v) is 3.71. The molecule has 82 valence electrons. The average molecular weight is 270 g/mol. The minimum atomic E-state index is -0.537. The highest BCUT2D eigenvalue weighted by Crippen LogP contribution is 2.41. The fraction of sp³-hybridized carbons (Fsp3) is 0.500. The number of halogens is 1. The molecule has 2 rings (SSSR count). The van der Waals surface area contributed by atoms with E-state index < -0.39 is 6.10 Å². The zero-order valence-electron chi connectivity index (χ0n) is 9.00. The molecule has 0 aliphatic heterocycles. The Balaban J connectivity index is 2.59. The first-order valence-electron chi connectivity index (χ1n) is 5.15. The van der Waals surface area contributed by atoms with E-state index in [-0.39, 0.29) is 11.5 Å². The molecule has 1 aromatic rings. The Morgan fingerprint density at radius 1 is 1.47 bits per heavy atom. The van der Waals surface area contributed by atoms with Gasteiger partial charge in [-0.25, -0.2) is 0 Å². The second kappa shape index (κ2) is 3.58. The Labute approximate surface area is 98.6 Å². The van der Waals surface area contributed by atoms with Crippen LogP contribution in [-0.2, 0) is 5.41 Å². The molecule has 1 aliphatic carbocycles. The van der Waals surface area contributed by atoms with E-state index in [1.54, 1.807) is 0 Å². The zero-order chi connectivity index (χ0) is 11.2. The van der Waals surface area contributed by atoms with Gasteiger partial charge in [0.1, 0.15) is 0 Å². The smallest absolute Gasteiger partial charge is 0.0944 e. The van der Waals surface area contributed by atoms with Crippen LogP contribution in [0.25, 0.3) is 0 Å². The topological polar surface area (TPSA) is 46.2 Å². The van der Waals surface area contributed by atoms with E-state index in [0.29, 0.717) is 0 Å². The maximum Gasteiger partial charge on any atom is 0.0944 e. The molecule has 3 N–H and O–H groups in total. The van der Waals surface area contributed by atoms with Crippen LogP contribution in [0.3, 0.4) is 0 Å². The number of benzene rings is 1. The predicted molar refractivity (Wildman–Crippen MR) is 64.7 cm³/mol. The van der Waals surface area contributed by atoms with E-state index in [1.165, 1.54) is 5.56 Å². The third-order valence-electron chi connectivity index (χ3n) is 3.21. The molecular weight excluding hydrogens is 254 g/mol. The second-order valence-electron chi connectivity index (χ2n) is 4.93. The van der Waals surface area contributed by atoms with E-state index in [0.717, 1.165) is 16.5 Å². The highest BCUT2D eigenvalue weighted by atomic mass is 79.9. The van der Waals surface area contributed by atoms with Gasteiger partial charge in [-0.3, -0.25) is 0 Å². The quantitative estimate of drug-likeness (QED) is 0.760. The van der Waals surface area contributed by atoms with Crippen molar-refractivity contribution in [1.29, 1.82) is 0 Å². The Bertz CT molecular complexity index is 389. The lowest BCUT2D eigenvalue weighted by molar-refractivity contribution is 0.116. The molecule has 2 nitrogen and oxygen atoms in total. The first-order valence-corrected chi connectivity index (χ1v) is 5.95. The van der Waals surface area contributed by atoms with Gasteiger partial charge in [-0.1, -0.05) is 35.8 Å². The van der Waals surface area contributed by atoms with Crippen molar-refractivity contribution in [3.8, 4) is 0 Å². The van der Waals surface area contributed by atoms with Crippen molar-refractivity contribution < 1.29 is 5.11 Å². The molecule has 1 aromatic carbocycles. The van der Waals surface area contributed by atoms with Crippen molar-refractivity contribution in [2.75, 3.05) is 0 Å². The summed E-state index contributed by atoms with van der Waals surface area (Å²) in [7, 11) is 0. The van der Waals surface area contributed by atoms with Crippen molar-refractivity contribution >= 4 is 15.9 Å². The summed E-state index contributed by atoms with van der Waals surface area (Å²) in [5, 5.41) is 10.0. The van der Waals surface area contributed by atoms with Crippen LogP contribution in [0, 0.1) is 0 Å². The van der Waals surface area contributed by atoms with Crippen LogP contribution in [0.4, 0.5) is 0 Å². The van der Waals surface area contributed by atoms with Crippen LogP contribution in [0.2, 0.25) is 0 Å². The summed E-state index contributed by atoms with van der Waals surface area (Å²) in [4.78, 5) is 0. The number of aliphatic hydroxyl groups excluding tert-OH is 1. The summed E-state index contributed by atoms with van der Waals surface area (Å²) in [5.74, 6) is 0. The molecule has 0 saturated carbocycles. The van der Waals surface area contributed by atoms with Gasteiger partial charge in [-0.15, -0.1) is 0 Å². The minimum absolute atomic E-state index is 0.0503. The van der Waals surface area contributed by atoms with E-state index >= 15 is 0 Å². The van der Waals surface area contributed by atoms with Crippen molar-refractivity contribution in [3.63, 3.8) is 0 Å². The van der Waals surface area contributed by atoms with Crippen LogP contribution in [0.5, 0.6) is 0 Å². The normalized spacial score (nSPS) is 28.6. The van der Waals surface area contributed by atoms with Gasteiger partial charge >= 0.3 is 0 Å². The molecule has 15 heavy (non-hydrogen) atoms. The molecule has 0 amide bonds. The molecule has 1 aliphatic rings. The van der Waals surface area contributed by atoms with E-state index in [2.05, 4.69) is 35.8 Å². The lowest BCUT2D eigenvalue weighted by atomic mass is 9.70. The van der Waals surface area contributed by atoms with Crippen molar-refractivity contribution in [2.24, 2.45) is 5.73 Å². The molecule has 0 spiro atoms. The van der Waals surface area contributed by atoms with Gasteiger partial charge in [0.2, 0.25) is 0 Å². The summed E-state index contributed by atoms with van der Waals surface area (Å²) in [6, 6.07) is 5.90. The molecule has 0 heterocycles. The molecule has 3 heteroatoms. The van der Waals surface area contributed by atoms with Crippen molar-refractivity contribution in [1.82, 2.24) is 0 Å². The monoisotopic (exact) mass is 269 g/mol. The molecule has 0 bridgehead atoms. The molecule has 0 saturated heterocycles. The highest BCUT2D eigenvalue weighted by molar-refractivity contribution is 9.10. The number of aliphatic hydroxyl groups is 1. The number of hydrogen-bond acceptors (Lipinski definition) is 2. The molecule has 0 radical (unpaired) electrons. The lowest BCUT2D eigenvalue weighted by Gasteiger charge is -2.39. The molecular formula is C12H16BrNO. The van der Waals surface area contributed by atoms with Gasteiger partial charge in [0.05, 0.1) is 6.10 Å². The van der Waals surface area contributed by atoms with Crippen LogP contribution < -0.4 is 5.73 Å². The number of nitrogens with two attached hydrogens (primary N) is 1. The Morgan fingerprint density at radius 3 is 2.80 bits per heavy atom. The Hall–Kier alpha value is -0.380. The number of hydrogen-bond donors (Lipinski definition) is 2. The maximum atomic E-state index is 10.0. The van der Waals surface area contributed by atoms with Crippen molar-refractivity contribution in [3.05, 3.63) is 33.8 Å². The van der Waals surface area contributed by atoms with Gasteiger partial charge in [-0.05, 0) is 35.1 Å². The SMILES string of the molecule is CC1(C)CC(N)C(O)c2cc(Br)ccc21. The molecule has 0 aromatic heterocycles. The molecule has 2 atom stereocenters. The van der Waals surface area contributed by atoms with Crippen LogP contribution in [0.15, 0.2) is 22.7 Å². The fourth-order valence-electron chi connectivity index (χ4n) is 2.44. The summed E-state index contributed by atoms with van der Waals surface area (Å²) in [6.45, 7) is 4.34. The van der Waals surface area contributed by atoms with Gasteiger partial charge in [-0.2, -0.15) is 0 Å². The van der Waals surface area contributed by atoms with Gasteiger partial charge in [0, 0.05) is 10.5 Å². The zero-order valence-corrected chi connectivity index (χ0v) is 10.6. The number of fused-ring (bicyclic) bond motifs is 1. The second-order valence-corrected chi connectivity index (χ2v) is 5.84. The minimum Gasteiger partial charge on any atom is -0.387 e. The Morgan fingerprint density at radius 2 is 2.13 bits per heavy atom. The van der Waals surface area contributed by atoms with E-state index in [4.69, 9.17) is 5.73 Å². The lowest BCUT2D eigenvalue weighted by Crippen LogP contribution is -2.41. The average Bonchev–Trinajstić information content (AvgIpc) is 2.13. The van der Waals surface area contributed by atoms with Gasteiger partial charge in [0.15, 0.2) is 0 Å². The molecule has 0 fully saturated rings. The first-order chi connectivity index (χ1) is 6.92. The van der Waals surface area contributed by atoms with Crippen LogP contribution in [0.1, 0.15) is 37.5 Å². The standard InChI is InChI=1S/C12H16BrNO/c1-12(2)6-10(14)11(15)8-5-7(13)3-4-9(8)12/h3-5,10-11,15H,6,14H2,1-2H3. The predicted octanol–water partition coefficient (Wildman–Crippen LogP) is 2.49. The third kappa shape index (κ3) is 1.84. The van der Waals surface area contributed by atoms with Crippen LogP contribution >= 0.6 is 15.9 Å².